The fraction of sp³-hybridized carbons (Fsp3) is 0.125. The first-order valence-corrected chi connectivity index (χ1v) is 9.41. The summed E-state index contributed by atoms with van der Waals surface area (Å²) in [4.78, 5) is 15.3. The largest absolute Gasteiger partial charge is 0.497 e. The van der Waals surface area contributed by atoms with E-state index in [2.05, 4.69) is 6.58 Å². The number of carbonyl (C=O) groups excluding carboxylic acids is 1. The number of hydrogen-bond acceptors (Lipinski definition) is 2. The second-order valence-electron chi connectivity index (χ2n) is 6.33. The van der Waals surface area contributed by atoms with Crippen molar-refractivity contribution in [2.75, 3.05) is 12.0 Å². The van der Waals surface area contributed by atoms with Crippen molar-refractivity contribution in [3.05, 3.63) is 108 Å². The van der Waals surface area contributed by atoms with E-state index >= 15 is 0 Å². The molecule has 4 heteroatoms. The first kappa shape index (κ1) is 19.7. The van der Waals surface area contributed by atoms with Crippen LogP contribution in [0.2, 0.25) is 5.02 Å². The lowest BCUT2D eigenvalue weighted by atomic mass is 9.99. The summed E-state index contributed by atoms with van der Waals surface area (Å²) in [5, 5.41) is 0.528. The van der Waals surface area contributed by atoms with Crippen LogP contribution < -0.4 is 9.64 Å². The maximum Gasteiger partial charge on any atom is 0.258 e. The van der Waals surface area contributed by atoms with E-state index in [4.69, 9.17) is 16.3 Å². The fourth-order valence-corrected chi connectivity index (χ4v) is 3.36. The summed E-state index contributed by atoms with van der Waals surface area (Å²) >= 11 is 6.13. The number of nitrogens with zero attached hydrogens (tertiary/aromatic N) is 1. The van der Waals surface area contributed by atoms with Gasteiger partial charge >= 0.3 is 0 Å². The van der Waals surface area contributed by atoms with Crippen LogP contribution in [-0.2, 0) is 0 Å². The monoisotopic (exact) mass is 391 g/mol. The molecule has 3 aromatic rings. The van der Waals surface area contributed by atoms with Gasteiger partial charge in [-0.15, -0.1) is 6.58 Å². The highest BCUT2D eigenvalue weighted by Crippen LogP contribution is 2.33. The Kier molecular flexibility index (Phi) is 6.51. The number of halogens is 1. The molecule has 0 aliphatic heterocycles. The topological polar surface area (TPSA) is 29.5 Å². The summed E-state index contributed by atoms with van der Waals surface area (Å²) in [6.07, 6.45) is 2.45. The van der Waals surface area contributed by atoms with Gasteiger partial charge in [-0.25, -0.2) is 0 Å². The Morgan fingerprint density at radius 3 is 2.39 bits per heavy atom. The summed E-state index contributed by atoms with van der Waals surface area (Å²) in [7, 11) is 1.62. The summed E-state index contributed by atoms with van der Waals surface area (Å²) in [5.74, 6) is 0.613. The number of ether oxygens (including phenoxy) is 1. The van der Waals surface area contributed by atoms with Gasteiger partial charge in [-0.1, -0.05) is 54.1 Å². The number of amides is 1. The van der Waals surface area contributed by atoms with E-state index in [1.165, 1.54) is 0 Å². The van der Waals surface area contributed by atoms with Gasteiger partial charge in [0.1, 0.15) is 5.75 Å². The standard InChI is InChI=1S/C24H22ClNO2/c1-3-8-23(18-9-5-4-6-10-18)26(21-13-15-22(28-2)16-14-21)24(27)19-11-7-12-20(25)17-19/h3-7,9-17,23H,1,8H2,2H3. The SMILES string of the molecule is C=CCC(c1ccccc1)N(C(=O)c1cccc(Cl)c1)c1ccc(OC)cc1. The minimum absolute atomic E-state index is 0.122. The Morgan fingerprint density at radius 2 is 1.79 bits per heavy atom. The molecule has 0 aliphatic rings. The van der Waals surface area contributed by atoms with E-state index in [0.717, 1.165) is 17.0 Å². The van der Waals surface area contributed by atoms with E-state index < -0.39 is 0 Å². The molecule has 28 heavy (non-hydrogen) atoms. The summed E-state index contributed by atoms with van der Waals surface area (Å²) in [6.45, 7) is 3.90. The van der Waals surface area contributed by atoms with Gasteiger partial charge in [-0.2, -0.15) is 0 Å². The molecule has 1 atom stereocenters. The molecule has 0 heterocycles. The lowest BCUT2D eigenvalue weighted by molar-refractivity contribution is 0.0976. The van der Waals surface area contributed by atoms with Crippen molar-refractivity contribution < 1.29 is 9.53 Å². The third-order valence-corrected chi connectivity index (χ3v) is 4.76. The number of benzene rings is 3. The van der Waals surface area contributed by atoms with Gasteiger partial charge in [0.05, 0.1) is 13.2 Å². The molecule has 0 radical (unpaired) electrons. The number of carbonyl (C=O) groups is 1. The molecule has 3 nitrogen and oxygen atoms in total. The molecule has 0 aromatic heterocycles. The highest BCUT2D eigenvalue weighted by molar-refractivity contribution is 6.31. The van der Waals surface area contributed by atoms with Crippen LogP contribution in [-0.4, -0.2) is 13.0 Å². The van der Waals surface area contributed by atoms with Crippen molar-refractivity contribution in [2.24, 2.45) is 0 Å². The van der Waals surface area contributed by atoms with Crippen LogP contribution in [0.1, 0.15) is 28.4 Å². The first-order valence-electron chi connectivity index (χ1n) is 9.03. The van der Waals surface area contributed by atoms with Crippen LogP contribution in [0.5, 0.6) is 5.75 Å². The van der Waals surface area contributed by atoms with Gasteiger partial charge < -0.3 is 9.64 Å². The van der Waals surface area contributed by atoms with Crippen LogP contribution >= 0.6 is 11.6 Å². The van der Waals surface area contributed by atoms with Crippen LogP contribution in [0, 0.1) is 0 Å². The highest BCUT2D eigenvalue weighted by Gasteiger charge is 2.27. The summed E-state index contributed by atoms with van der Waals surface area (Å²) < 4.78 is 5.27. The predicted molar refractivity (Wildman–Crippen MR) is 115 cm³/mol. The minimum atomic E-state index is -0.196. The van der Waals surface area contributed by atoms with Crippen molar-refractivity contribution in [1.82, 2.24) is 0 Å². The van der Waals surface area contributed by atoms with Gasteiger partial charge in [0.25, 0.3) is 5.91 Å². The molecule has 0 aliphatic carbocycles. The van der Waals surface area contributed by atoms with Crippen molar-refractivity contribution in [3.63, 3.8) is 0 Å². The molecular weight excluding hydrogens is 370 g/mol. The van der Waals surface area contributed by atoms with Crippen LogP contribution in [0.3, 0.4) is 0 Å². The Balaban J connectivity index is 2.11. The zero-order valence-electron chi connectivity index (χ0n) is 15.7. The Bertz CT molecular complexity index is 938. The molecule has 0 bridgehead atoms. The molecule has 3 rings (SSSR count). The molecule has 1 unspecified atom stereocenters. The van der Waals surface area contributed by atoms with E-state index in [1.54, 1.807) is 36.3 Å². The molecule has 1 amide bonds. The van der Waals surface area contributed by atoms with Crippen LogP contribution in [0.4, 0.5) is 5.69 Å². The van der Waals surface area contributed by atoms with Crippen molar-refractivity contribution >= 4 is 23.2 Å². The second-order valence-corrected chi connectivity index (χ2v) is 6.77. The average Bonchev–Trinajstić information content (AvgIpc) is 2.74. The van der Waals surface area contributed by atoms with Crippen LogP contribution in [0.25, 0.3) is 0 Å². The van der Waals surface area contributed by atoms with Gasteiger partial charge in [0.15, 0.2) is 0 Å². The van der Waals surface area contributed by atoms with E-state index in [9.17, 15) is 4.79 Å². The van der Waals surface area contributed by atoms with Gasteiger partial charge in [0.2, 0.25) is 0 Å². The number of anilines is 1. The van der Waals surface area contributed by atoms with Crippen molar-refractivity contribution in [2.45, 2.75) is 12.5 Å². The fourth-order valence-electron chi connectivity index (χ4n) is 3.17. The number of methoxy groups -OCH3 is 1. The Labute approximate surface area is 170 Å². The van der Waals surface area contributed by atoms with Crippen molar-refractivity contribution in [1.29, 1.82) is 0 Å². The maximum absolute atomic E-state index is 13.5. The zero-order valence-corrected chi connectivity index (χ0v) is 16.5. The second kappa shape index (κ2) is 9.25. The summed E-state index contributed by atoms with van der Waals surface area (Å²) in [6, 6.07) is 24.3. The quantitative estimate of drug-likeness (QED) is 0.441. The van der Waals surface area contributed by atoms with Gasteiger partial charge in [-0.3, -0.25) is 4.79 Å². The first-order chi connectivity index (χ1) is 13.6. The molecule has 0 saturated heterocycles. The Hall–Kier alpha value is -3.04. The third kappa shape index (κ3) is 4.44. The van der Waals surface area contributed by atoms with Gasteiger partial charge in [-0.05, 0) is 54.4 Å². The van der Waals surface area contributed by atoms with E-state index in [-0.39, 0.29) is 11.9 Å². The average molecular weight is 392 g/mol. The highest BCUT2D eigenvalue weighted by atomic mass is 35.5. The molecule has 0 N–H and O–H groups in total. The third-order valence-electron chi connectivity index (χ3n) is 4.53. The van der Waals surface area contributed by atoms with E-state index in [0.29, 0.717) is 17.0 Å². The molecule has 0 saturated carbocycles. The lowest BCUT2D eigenvalue weighted by Gasteiger charge is -2.32. The Morgan fingerprint density at radius 1 is 1.07 bits per heavy atom. The number of hydrogen-bond donors (Lipinski definition) is 0. The lowest BCUT2D eigenvalue weighted by Crippen LogP contribution is -2.35. The maximum atomic E-state index is 13.5. The molecule has 3 aromatic carbocycles. The van der Waals surface area contributed by atoms with Gasteiger partial charge in [0, 0.05) is 16.3 Å². The van der Waals surface area contributed by atoms with Crippen LogP contribution in [0.15, 0.2) is 91.5 Å². The molecule has 142 valence electrons. The molecule has 0 fully saturated rings. The van der Waals surface area contributed by atoms with E-state index in [1.807, 2.05) is 60.7 Å². The normalized spacial score (nSPS) is 11.5. The predicted octanol–water partition coefficient (Wildman–Crippen LogP) is 6.31. The summed E-state index contributed by atoms with van der Waals surface area (Å²) in [5.41, 5.74) is 2.35. The molecular formula is C24H22ClNO2. The number of rotatable bonds is 7. The van der Waals surface area contributed by atoms with Crippen molar-refractivity contribution in [3.8, 4) is 5.75 Å². The molecule has 0 spiro atoms. The minimum Gasteiger partial charge on any atom is -0.497 e. The smallest absolute Gasteiger partial charge is 0.258 e. The zero-order chi connectivity index (χ0) is 19.9.